The van der Waals surface area contributed by atoms with Gasteiger partial charge in [-0.05, 0) is 62.4 Å². The number of thioether (sulfide) groups is 2. The van der Waals surface area contributed by atoms with E-state index in [1.54, 1.807) is 49.1 Å². The zero-order valence-electron chi connectivity index (χ0n) is 21.4. The summed E-state index contributed by atoms with van der Waals surface area (Å²) in [5.74, 6) is 4.07. The highest BCUT2D eigenvalue weighted by atomic mass is 32.2. The molecule has 0 fully saturated rings. The molecule has 0 aliphatic carbocycles. The minimum absolute atomic E-state index is 0.345. The fourth-order valence-electron chi connectivity index (χ4n) is 2.62. The summed E-state index contributed by atoms with van der Waals surface area (Å²) >= 11 is 5.03. The Bertz CT molecular complexity index is 924. The van der Waals surface area contributed by atoms with Crippen molar-refractivity contribution >= 4 is 47.2 Å². The van der Waals surface area contributed by atoms with Gasteiger partial charge >= 0.3 is 11.9 Å². The van der Waals surface area contributed by atoms with Crippen LogP contribution in [0.5, 0.6) is 11.5 Å². The Hall–Kier alpha value is -2.49. The summed E-state index contributed by atoms with van der Waals surface area (Å²) in [6.45, 7) is 12.3. The Labute approximate surface area is 232 Å². The number of rotatable bonds is 18. The lowest BCUT2D eigenvalue weighted by molar-refractivity contribution is -0.139. The van der Waals surface area contributed by atoms with Crippen LogP contribution in [0, 0.1) is 0 Å². The molecule has 0 N–H and O–H groups in total. The second-order valence-electron chi connectivity index (χ2n) is 7.80. The molecule has 37 heavy (non-hydrogen) atoms. The van der Waals surface area contributed by atoms with Gasteiger partial charge in [-0.3, -0.25) is 0 Å². The van der Waals surface area contributed by atoms with Crippen LogP contribution in [0.2, 0.25) is 0 Å². The van der Waals surface area contributed by atoms with Gasteiger partial charge in [-0.25, -0.2) is 9.59 Å². The molecule has 0 saturated heterocycles. The summed E-state index contributed by atoms with van der Waals surface area (Å²) < 4.78 is 21.7. The second kappa shape index (κ2) is 17.9. The summed E-state index contributed by atoms with van der Waals surface area (Å²) in [7, 11) is 0. The number of hydrogen-bond donors (Lipinski definition) is 0. The highest BCUT2D eigenvalue weighted by Gasteiger charge is 2.04. The standard InChI is InChI=1S/C28H34O6S3/c1-21(2)27(29)33-15-19-35-17-13-31-23-5-9-25(10-6-23)37-26-11-7-24(8-12-26)32-14-18-36-20-16-34-28(30)22(3)4/h5-12H,1,3,13-20H2,2,4H3. The molecule has 9 heteroatoms. The molecular formula is C28H34O6S3. The van der Waals surface area contributed by atoms with E-state index in [0.29, 0.717) is 37.6 Å². The van der Waals surface area contributed by atoms with E-state index >= 15 is 0 Å². The van der Waals surface area contributed by atoms with Gasteiger partial charge in [-0.2, -0.15) is 23.5 Å². The third kappa shape index (κ3) is 13.6. The van der Waals surface area contributed by atoms with Crippen LogP contribution in [-0.4, -0.2) is 61.4 Å². The molecule has 2 aromatic carbocycles. The maximum atomic E-state index is 11.3. The van der Waals surface area contributed by atoms with Gasteiger partial charge in [0.25, 0.3) is 0 Å². The first-order valence-corrected chi connectivity index (χ1v) is 14.9. The van der Waals surface area contributed by atoms with Crippen molar-refractivity contribution in [2.75, 3.05) is 49.4 Å². The molecule has 0 amide bonds. The Balaban J connectivity index is 1.57. The van der Waals surface area contributed by atoms with Crippen LogP contribution in [0.15, 0.2) is 82.6 Å². The van der Waals surface area contributed by atoms with Crippen molar-refractivity contribution in [2.24, 2.45) is 0 Å². The van der Waals surface area contributed by atoms with E-state index < -0.39 is 0 Å². The average molecular weight is 563 g/mol. The van der Waals surface area contributed by atoms with Crippen LogP contribution in [0.25, 0.3) is 0 Å². The summed E-state index contributed by atoms with van der Waals surface area (Å²) in [5.41, 5.74) is 0.834. The Morgan fingerprint density at radius 2 is 0.973 bits per heavy atom. The zero-order chi connectivity index (χ0) is 26.9. The molecule has 0 aliphatic rings. The third-order valence-electron chi connectivity index (χ3n) is 4.49. The van der Waals surface area contributed by atoms with E-state index in [4.69, 9.17) is 18.9 Å². The highest BCUT2D eigenvalue weighted by molar-refractivity contribution is 7.99. The van der Waals surface area contributed by atoms with Gasteiger partial charge < -0.3 is 18.9 Å². The first-order chi connectivity index (χ1) is 17.8. The smallest absolute Gasteiger partial charge is 0.333 e. The number of ether oxygens (including phenoxy) is 4. The molecule has 0 unspecified atom stereocenters. The van der Waals surface area contributed by atoms with E-state index in [1.807, 2.05) is 48.5 Å². The van der Waals surface area contributed by atoms with Crippen LogP contribution >= 0.6 is 35.3 Å². The Kier molecular flexibility index (Phi) is 14.8. The molecule has 0 spiro atoms. The first kappa shape index (κ1) is 30.7. The van der Waals surface area contributed by atoms with Crippen molar-refractivity contribution < 1.29 is 28.5 Å². The monoisotopic (exact) mass is 562 g/mol. The molecule has 0 radical (unpaired) electrons. The maximum absolute atomic E-state index is 11.3. The van der Waals surface area contributed by atoms with Crippen LogP contribution in [0.3, 0.4) is 0 Å². The topological polar surface area (TPSA) is 71.1 Å². The number of hydrogen-bond acceptors (Lipinski definition) is 9. The normalized spacial score (nSPS) is 10.4. The van der Waals surface area contributed by atoms with Gasteiger partial charge in [-0.15, -0.1) is 0 Å². The minimum Gasteiger partial charge on any atom is -0.493 e. The van der Waals surface area contributed by atoms with E-state index in [-0.39, 0.29) is 11.9 Å². The molecule has 0 bridgehead atoms. The van der Waals surface area contributed by atoms with Crippen molar-refractivity contribution in [1.82, 2.24) is 0 Å². The van der Waals surface area contributed by atoms with Gasteiger partial charge in [0, 0.05) is 43.9 Å². The van der Waals surface area contributed by atoms with Crippen LogP contribution in [-0.2, 0) is 19.1 Å². The van der Waals surface area contributed by atoms with Crippen molar-refractivity contribution in [3.63, 3.8) is 0 Å². The van der Waals surface area contributed by atoms with Gasteiger partial charge in [0.1, 0.15) is 24.7 Å². The van der Waals surface area contributed by atoms with E-state index in [2.05, 4.69) is 13.2 Å². The number of esters is 2. The van der Waals surface area contributed by atoms with Crippen LogP contribution in [0.4, 0.5) is 0 Å². The Morgan fingerprint density at radius 1 is 0.622 bits per heavy atom. The second-order valence-corrected chi connectivity index (χ2v) is 11.4. The molecule has 0 atom stereocenters. The van der Waals surface area contributed by atoms with Crippen LogP contribution < -0.4 is 9.47 Å². The average Bonchev–Trinajstić information content (AvgIpc) is 2.89. The molecule has 200 valence electrons. The third-order valence-corrected chi connectivity index (χ3v) is 7.33. The largest absolute Gasteiger partial charge is 0.493 e. The molecule has 0 aliphatic heterocycles. The number of carbonyl (C=O) groups excluding carboxylic acids is 2. The lowest BCUT2D eigenvalue weighted by Crippen LogP contribution is -2.08. The highest BCUT2D eigenvalue weighted by Crippen LogP contribution is 2.30. The zero-order valence-corrected chi connectivity index (χ0v) is 23.8. The molecular weight excluding hydrogens is 529 g/mol. The predicted octanol–water partition coefficient (Wildman–Crippen LogP) is 6.30. The van der Waals surface area contributed by atoms with Crippen molar-refractivity contribution in [1.29, 1.82) is 0 Å². The summed E-state index contributed by atoms with van der Waals surface area (Å²) in [4.78, 5) is 24.9. The molecule has 0 saturated carbocycles. The quantitative estimate of drug-likeness (QED) is 0.118. The van der Waals surface area contributed by atoms with Gasteiger partial charge in [0.05, 0.1) is 13.2 Å². The Morgan fingerprint density at radius 3 is 1.32 bits per heavy atom. The fraction of sp³-hybridized carbons (Fsp3) is 0.357. The molecule has 6 nitrogen and oxygen atoms in total. The van der Waals surface area contributed by atoms with E-state index in [0.717, 1.165) is 44.3 Å². The first-order valence-electron chi connectivity index (χ1n) is 11.8. The summed E-state index contributed by atoms with van der Waals surface area (Å²) in [5, 5.41) is 0. The summed E-state index contributed by atoms with van der Waals surface area (Å²) in [6.07, 6.45) is 0. The maximum Gasteiger partial charge on any atom is 0.333 e. The lowest BCUT2D eigenvalue weighted by atomic mass is 10.3. The molecule has 2 aromatic rings. The molecule has 0 heterocycles. The van der Waals surface area contributed by atoms with Gasteiger partial charge in [-0.1, -0.05) is 24.9 Å². The number of carbonyl (C=O) groups is 2. The van der Waals surface area contributed by atoms with Gasteiger partial charge in [0.2, 0.25) is 0 Å². The predicted molar refractivity (Wildman–Crippen MR) is 154 cm³/mol. The minimum atomic E-state index is -0.345. The molecule has 2 rings (SSSR count). The number of benzene rings is 2. The fourth-order valence-corrected chi connectivity index (χ4v) is 4.65. The lowest BCUT2D eigenvalue weighted by Gasteiger charge is -2.09. The van der Waals surface area contributed by atoms with E-state index in [9.17, 15) is 9.59 Å². The van der Waals surface area contributed by atoms with Crippen molar-refractivity contribution in [3.8, 4) is 11.5 Å². The van der Waals surface area contributed by atoms with E-state index in [1.165, 1.54) is 0 Å². The van der Waals surface area contributed by atoms with Crippen molar-refractivity contribution in [3.05, 3.63) is 72.8 Å². The van der Waals surface area contributed by atoms with Crippen molar-refractivity contribution in [2.45, 2.75) is 23.6 Å². The SMILES string of the molecule is C=C(C)C(=O)OCCSCCOc1ccc(Sc2ccc(OCCSCCOC(=O)C(=C)C)cc2)cc1. The van der Waals surface area contributed by atoms with Crippen LogP contribution in [0.1, 0.15) is 13.8 Å². The van der Waals surface area contributed by atoms with Gasteiger partial charge in [0.15, 0.2) is 0 Å². The summed E-state index contributed by atoms with van der Waals surface area (Å²) in [6, 6.07) is 16.0. The molecule has 0 aromatic heterocycles.